The monoisotopic (exact) mass is 340 g/mol. The molecule has 0 bridgehead atoms. The van der Waals surface area contributed by atoms with Gasteiger partial charge in [-0.3, -0.25) is 0 Å². The summed E-state index contributed by atoms with van der Waals surface area (Å²) in [4.78, 5) is 0. The van der Waals surface area contributed by atoms with Crippen molar-refractivity contribution in [2.45, 2.75) is 29.8 Å². The van der Waals surface area contributed by atoms with Gasteiger partial charge in [0.15, 0.2) is 5.16 Å². The van der Waals surface area contributed by atoms with Crippen LogP contribution in [0, 0.1) is 0 Å². The lowest BCUT2D eigenvalue weighted by atomic mass is 10.0. The van der Waals surface area contributed by atoms with Crippen molar-refractivity contribution >= 4 is 27.7 Å². The maximum absolute atomic E-state index is 6.29. The number of thioether (sulfide) groups is 1. The predicted octanol–water partition coefficient (Wildman–Crippen LogP) is 3.15. The van der Waals surface area contributed by atoms with Gasteiger partial charge in [-0.15, -0.1) is 10.2 Å². The fraction of sp³-hybridized carbons (Fsp3) is 0.385. The van der Waals surface area contributed by atoms with Gasteiger partial charge in [-0.1, -0.05) is 52.8 Å². The smallest absolute Gasteiger partial charge is 0.191 e. The number of benzene rings is 1. The number of rotatable bonds is 5. The van der Waals surface area contributed by atoms with E-state index in [4.69, 9.17) is 5.73 Å². The Morgan fingerprint density at radius 1 is 1.42 bits per heavy atom. The van der Waals surface area contributed by atoms with Crippen LogP contribution < -0.4 is 5.73 Å². The Balaban J connectivity index is 2.32. The fourth-order valence-corrected chi connectivity index (χ4v) is 3.71. The van der Waals surface area contributed by atoms with Gasteiger partial charge in [-0.2, -0.15) is 0 Å². The summed E-state index contributed by atoms with van der Waals surface area (Å²) in [6.07, 6.45) is 2.62. The highest BCUT2D eigenvalue weighted by Crippen LogP contribution is 2.39. The van der Waals surface area contributed by atoms with E-state index in [1.165, 1.54) is 5.56 Å². The first-order valence-corrected chi connectivity index (χ1v) is 7.81. The van der Waals surface area contributed by atoms with Crippen molar-refractivity contribution in [1.29, 1.82) is 0 Å². The van der Waals surface area contributed by atoms with Gasteiger partial charge in [0.2, 0.25) is 0 Å². The van der Waals surface area contributed by atoms with Crippen molar-refractivity contribution in [3.8, 4) is 0 Å². The Morgan fingerprint density at radius 2 is 2.16 bits per heavy atom. The zero-order valence-corrected chi connectivity index (χ0v) is 13.4. The Hall–Kier alpha value is -0.850. The van der Waals surface area contributed by atoms with Crippen LogP contribution in [0.3, 0.4) is 0 Å². The molecule has 2 rings (SSSR count). The van der Waals surface area contributed by atoms with Gasteiger partial charge in [0.05, 0.1) is 5.25 Å². The van der Waals surface area contributed by atoms with Crippen LogP contribution in [0.25, 0.3) is 0 Å². The van der Waals surface area contributed by atoms with E-state index in [9.17, 15) is 0 Å². The largest absolute Gasteiger partial charge is 0.326 e. The summed E-state index contributed by atoms with van der Waals surface area (Å²) in [7, 11) is 1.94. The van der Waals surface area contributed by atoms with Crippen molar-refractivity contribution in [2.75, 3.05) is 0 Å². The molecular formula is C13H17BrN4S. The molecule has 4 nitrogen and oxygen atoms in total. The molecule has 0 saturated heterocycles. The number of hydrogen-bond acceptors (Lipinski definition) is 4. The average molecular weight is 341 g/mol. The first-order valence-electron chi connectivity index (χ1n) is 6.14. The van der Waals surface area contributed by atoms with E-state index < -0.39 is 0 Å². The van der Waals surface area contributed by atoms with Gasteiger partial charge in [0.25, 0.3) is 0 Å². The molecule has 0 fully saturated rings. The van der Waals surface area contributed by atoms with Crippen molar-refractivity contribution < 1.29 is 0 Å². The summed E-state index contributed by atoms with van der Waals surface area (Å²) >= 11 is 5.26. The molecule has 19 heavy (non-hydrogen) atoms. The molecule has 0 saturated carbocycles. The minimum absolute atomic E-state index is 0.0698. The van der Waals surface area contributed by atoms with Gasteiger partial charge >= 0.3 is 0 Å². The Kier molecular flexibility index (Phi) is 5.01. The molecule has 102 valence electrons. The molecule has 0 aliphatic carbocycles. The Bertz CT molecular complexity index is 543. The second-order valence-electron chi connectivity index (χ2n) is 4.36. The Labute approximate surface area is 125 Å². The molecule has 2 N–H and O–H groups in total. The fourth-order valence-electron chi connectivity index (χ4n) is 1.79. The third kappa shape index (κ3) is 3.38. The molecular weight excluding hydrogens is 324 g/mol. The summed E-state index contributed by atoms with van der Waals surface area (Å²) in [5.41, 5.74) is 7.48. The van der Waals surface area contributed by atoms with E-state index in [0.29, 0.717) is 0 Å². The molecule has 2 atom stereocenters. The second-order valence-corrected chi connectivity index (χ2v) is 6.32. The second kappa shape index (κ2) is 6.54. The molecule has 0 radical (unpaired) electrons. The summed E-state index contributed by atoms with van der Waals surface area (Å²) in [6, 6.07) is 8.26. The van der Waals surface area contributed by atoms with Gasteiger partial charge in [0, 0.05) is 17.6 Å². The maximum Gasteiger partial charge on any atom is 0.191 e. The van der Waals surface area contributed by atoms with Gasteiger partial charge in [-0.25, -0.2) is 0 Å². The molecule has 1 heterocycles. The number of aromatic nitrogens is 3. The first-order chi connectivity index (χ1) is 9.13. The van der Waals surface area contributed by atoms with Crippen LogP contribution in [-0.4, -0.2) is 20.8 Å². The lowest BCUT2D eigenvalue weighted by molar-refractivity contribution is 0.629. The SMILES string of the molecule is CCC(N)C(Sc1nncn1C)c1ccccc1Br. The van der Waals surface area contributed by atoms with Crippen LogP contribution in [0.15, 0.2) is 40.2 Å². The van der Waals surface area contributed by atoms with Crippen molar-refractivity contribution in [3.63, 3.8) is 0 Å². The third-order valence-electron chi connectivity index (χ3n) is 2.97. The first kappa shape index (κ1) is 14.6. The Morgan fingerprint density at radius 3 is 2.74 bits per heavy atom. The standard InChI is InChI=1S/C13H17BrN4S/c1-3-11(15)12(9-6-4-5-7-10(9)14)19-13-17-16-8-18(13)2/h4-8,11-12H,3,15H2,1-2H3. The maximum atomic E-state index is 6.29. The van der Waals surface area contributed by atoms with E-state index in [1.54, 1.807) is 18.1 Å². The number of nitrogens with two attached hydrogens (primary N) is 1. The van der Waals surface area contributed by atoms with E-state index in [0.717, 1.165) is 16.0 Å². The van der Waals surface area contributed by atoms with Crippen molar-refractivity contribution in [2.24, 2.45) is 12.8 Å². The average Bonchev–Trinajstić information content (AvgIpc) is 2.81. The molecule has 0 aliphatic rings. The summed E-state index contributed by atoms with van der Waals surface area (Å²) < 4.78 is 3.00. The molecule has 1 aromatic heterocycles. The van der Waals surface area contributed by atoms with Crippen LogP contribution in [0.2, 0.25) is 0 Å². The summed E-state index contributed by atoms with van der Waals surface area (Å²) in [6.45, 7) is 2.10. The third-order valence-corrected chi connectivity index (χ3v) is 5.13. The number of hydrogen-bond donors (Lipinski definition) is 1. The highest BCUT2D eigenvalue weighted by atomic mass is 79.9. The lowest BCUT2D eigenvalue weighted by Gasteiger charge is -2.23. The molecule has 6 heteroatoms. The highest BCUT2D eigenvalue weighted by Gasteiger charge is 2.23. The summed E-state index contributed by atoms with van der Waals surface area (Å²) in [5.74, 6) is 0. The molecule has 0 spiro atoms. The van der Waals surface area contributed by atoms with Crippen molar-refractivity contribution in [1.82, 2.24) is 14.8 Å². The minimum atomic E-state index is 0.0698. The van der Waals surface area contributed by atoms with Crippen LogP contribution in [-0.2, 0) is 7.05 Å². The number of aryl methyl sites for hydroxylation is 1. The molecule has 1 aromatic carbocycles. The topological polar surface area (TPSA) is 56.7 Å². The molecule has 2 aromatic rings. The lowest BCUT2D eigenvalue weighted by Crippen LogP contribution is -2.26. The quantitative estimate of drug-likeness (QED) is 0.849. The van der Waals surface area contributed by atoms with E-state index >= 15 is 0 Å². The van der Waals surface area contributed by atoms with Gasteiger partial charge < -0.3 is 10.3 Å². The number of halogens is 1. The van der Waals surface area contributed by atoms with Gasteiger partial charge in [0.1, 0.15) is 6.33 Å². The normalized spacial score (nSPS) is 14.3. The van der Waals surface area contributed by atoms with E-state index in [2.05, 4.69) is 39.1 Å². The molecule has 0 amide bonds. The van der Waals surface area contributed by atoms with Crippen LogP contribution in [0.4, 0.5) is 0 Å². The van der Waals surface area contributed by atoms with Gasteiger partial charge in [-0.05, 0) is 18.1 Å². The van der Waals surface area contributed by atoms with Crippen LogP contribution >= 0.6 is 27.7 Å². The zero-order chi connectivity index (χ0) is 13.8. The van der Waals surface area contributed by atoms with Crippen LogP contribution in [0.1, 0.15) is 24.2 Å². The number of nitrogens with zero attached hydrogens (tertiary/aromatic N) is 3. The molecule has 2 unspecified atom stereocenters. The summed E-state index contributed by atoms with van der Waals surface area (Å²) in [5, 5.41) is 9.08. The zero-order valence-electron chi connectivity index (χ0n) is 11.0. The molecule has 0 aliphatic heterocycles. The van der Waals surface area contributed by atoms with E-state index in [-0.39, 0.29) is 11.3 Å². The minimum Gasteiger partial charge on any atom is -0.326 e. The highest BCUT2D eigenvalue weighted by molar-refractivity contribution is 9.10. The van der Waals surface area contributed by atoms with Crippen LogP contribution in [0.5, 0.6) is 0 Å². The van der Waals surface area contributed by atoms with E-state index in [1.807, 2.05) is 29.8 Å². The van der Waals surface area contributed by atoms with Crippen molar-refractivity contribution in [3.05, 3.63) is 40.6 Å². The predicted molar refractivity (Wildman–Crippen MR) is 82.0 cm³/mol.